The molecule has 0 fully saturated rings. The average molecular weight is 313 g/mol. The van der Waals surface area contributed by atoms with Gasteiger partial charge in [0.25, 0.3) is 11.8 Å². The fourth-order valence-corrected chi connectivity index (χ4v) is 2.14. The number of rotatable bonds is 6. The van der Waals surface area contributed by atoms with Crippen LogP contribution in [0.3, 0.4) is 0 Å². The van der Waals surface area contributed by atoms with E-state index in [1.807, 2.05) is 6.92 Å². The molecule has 1 aromatic carbocycles. The molecule has 0 aliphatic rings. The summed E-state index contributed by atoms with van der Waals surface area (Å²) in [6, 6.07) is 10.1. The summed E-state index contributed by atoms with van der Waals surface area (Å²) in [5.41, 5.74) is 1.44. The summed E-state index contributed by atoms with van der Waals surface area (Å²) in [5.74, 6) is -0.468. The Hall–Kier alpha value is -2.73. The number of nitrogens with one attached hydrogen (secondary N) is 1. The third-order valence-electron chi connectivity index (χ3n) is 3.33. The van der Waals surface area contributed by atoms with Gasteiger partial charge in [-0.2, -0.15) is 0 Å². The molecule has 6 nitrogen and oxygen atoms in total. The van der Waals surface area contributed by atoms with Crippen LogP contribution in [-0.2, 0) is 0 Å². The van der Waals surface area contributed by atoms with Crippen molar-refractivity contribution in [3.63, 3.8) is 0 Å². The van der Waals surface area contributed by atoms with E-state index in [9.17, 15) is 9.59 Å². The van der Waals surface area contributed by atoms with Gasteiger partial charge in [0.1, 0.15) is 0 Å². The molecule has 0 unspecified atom stereocenters. The molecule has 120 valence electrons. The van der Waals surface area contributed by atoms with Crippen LogP contribution in [0.2, 0.25) is 0 Å². The fraction of sp³-hybridized carbons (Fsp3) is 0.235. The second-order valence-corrected chi connectivity index (χ2v) is 4.89. The van der Waals surface area contributed by atoms with Crippen LogP contribution in [0.1, 0.15) is 27.6 Å². The largest absolute Gasteiger partial charge is 0.395 e. The van der Waals surface area contributed by atoms with E-state index in [0.717, 1.165) is 0 Å². The molecule has 0 saturated heterocycles. The van der Waals surface area contributed by atoms with Crippen molar-refractivity contribution in [2.45, 2.75) is 6.92 Å². The minimum atomic E-state index is -0.287. The standard InChI is InChI=1S/C17H19N3O3/c1-2-20(9-10-21)17(23)13-5-3-7-15(11-13)19-16(22)14-6-4-8-18-12-14/h3-8,11-12,21H,2,9-10H2,1H3,(H,19,22). The predicted octanol–water partition coefficient (Wildman–Crippen LogP) is 1.79. The third-order valence-corrected chi connectivity index (χ3v) is 3.33. The maximum absolute atomic E-state index is 12.4. The zero-order valence-corrected chi connectivity index (χ0v) is 12.9. The van der Waals surface area contributed by atoms with Crippen LogP contribution in [0, 0.1) is 0 Å². The molecule has 0 saturated carbocycles. The molecule has 23 heavy (non-hydrogen) atoms. The number of aliphatic hydroxyl groups is 1. The van der Waals surface area contributed by atoms with Gasteiger partial charge in [-0.25, -0.2) is 0 Å². The molecule has 0 bridgehead atoms. The van der Waals surface area contributed by atoms with Crippen LogP contribution in [0.15, 0.2) is 48.8 Å². The number of aliphatic hydroxyl groups excluding tert-OH is 1. The Morgan fingerprint density at radius 3 is 2.65 bits per heavy atom. The SMILES string of the molecule is CCN(CCO)C(=O)c1cccc(NC(=O)c2cccnc2)c1. The Bertz CT molecular complexity index is 674. The smallest absolute Gasteiger partial charge is 0.257 e. The van der Waals surface area contributed by atoms with Crippen molar-refractivity contribution in [2.75, 3.05) is 25.0 Å². The highest BCUT2D eigenvalue weighted by molar-refractivity contribution is 6.04. The first-order valence-corrected chi connectivity index (χ1v) is 7.37. The number of aromatic nitrogens is 1. The summed E-state index contributed by atoms with van der Waals surface area (Å²) in [5, 5.41) is 11.7. The van der Waals surface area contributed by atoms with Crippen molar-refractivity contribution in [1.29, 1.82) is 0 Å². The summed E-state index contributed by atoms with van der Waals surface area (Å²) in [6.07, 6.45) is 3.07. The molecule has 1 aromatic heterocycles. The van der Waals surface area contributed by atoms with Crippen LogP contribution in [0.25, 0.3) is 0 Å². The lowest BCUT2D eigenvalue weighted by atomic mass is 10.1. The number of carbonyl (C=O) groups is 2. The highest BCUT2D eigenvalue weighted by Crippen LogP contribution is 2.14. The van der Waals surface area contributed by atoms with E-state index < -0.39 is 0 Å². The van der Waals surface area contributed by atoms with E-state index in [1.165, 1.54) is 6.20 Å². The quantitative estimate of drug-likeness (QED) is 0.852. The topological polar surface area (TPSA) is 82.5 Å². The fourth-order valence-electron chi connectivity index (χ4n) is 2.14. The number of benzene rings is 1. The Labute approximate surface area is 134 Å². The second-order valence-electron chi connectivity index (χ2n) is 4.89. The van der Waals surface area contributed by atoms with Crippen molar-refractivity contribution in [1.82, 2.24) is 9.88 Å². The number of anilines is 1. The van der Waals surface area contributed by atoms with Crippen LogP contribution >= 0.6 is 0 Å². The molecule has 0 radical (unpaired) electrons. The molecule has 0 aliphatic heterocycles. The zero-order valence-electron chi connectivity index (χ0n) is 12.9. The molecule has 6 heteroatoms. The monoisotopic (exact) mass is 313 g/mol. The van der Waals surface area contributed by atoms with Gasteiger partial charge in [-0.05, 0) is 37.3 Å². The van der Waals surface area contributed by atoms with Gasteiger partial charge in [0.2, 0.25) is 0 Å². The van der Waals surface area contributed by atoms with Crippen LogP contribution in [-0.4, -0.2) is 46.5 Å². The van der Waals surface area contributed by atoms with Gasteiger partial charge < -0.3 is 15.3 Å². The maximum atomic E-state index is 12.4. The van der Waals surface area contributed by atoms with E-state index in [0.29, 0.717) is 23.4 Å². The lowest BCUT2D eigenvalue weighted by Crippen LogP contribution is -2.33. The normalized spacial score (nSPS) is 10.2. The number of carbonyl (C=O) groups excluding carboxylic acids is 2. The lowest BCUT2D eigenvalue weighted by molar-refractivity contribution is 0.0731. The first-order valence-electron chi connectivity index (χ1n) is 7.37. The van der Waals surface area contributed by atoms with Crippen molar-refractivity contribution in [3.05, 3.63) is 59.9 Å². The molecule has 2 amide bonds. The van der Waals surface area contributed by atoms with E-state index >= 15 is 0 Å². The zero-order chi connectivity index (χ0) is 16.7. The Morgan fingerprint density at radius 2 is 2.00 bits per heavy atom. The number of hydrogen-bond donors (Lipinski definition) is 2. The molecular weight excluding hydrogens is 294 g/mol. The van der Waals surface area contributed by atoms with Gasteiger partial charge in [-0.15, -0.1) is 0 Å². The minimum Gasteiger partial charge on any atom is -0.395 e. The van der Waals surface area contributed by atoms with E-state index in [2.05, 4.69) is 10.3 Å². The molecule has 2 rings (SSSR count). The Balaban J connectivity index is 2.13. The van der Waals surface area contributed by atoms with Crippen LogP contribution in [0.4, 0.5) is 5.69 Å². The summed E-state index contributed by atoms with van der Waals surface area (Å²) in [4.78, 5) is 29.9. The first kappa shape index (κ1) is 16.6. The highest BCUT2D eigenvalue weighted by atomic mass is 16.3. The second kappa shape index (κ2) is 8.05. The van der Waals surface area contributed by atoms with Crippen molar-refractivity contribution >= 4 is 17.5 Å². The van der Waals surface area contributed by atoms with Gasteiger partial charge in [0.05, 0.1) is 12.2 Å². The minimum absolute atomic E-state index is 0.0863. The van der Waals surface area contributed by atoms with E-state index in [1.54, 1.807) is 47.5 Å². The van der Waals surface area contributed by atoms with Crippen molar-refractivity contribution in [2.24, 2.45) is 0 Å². The molecular formula is C17H19N3O3. The van der Waals surface area contributed by atoms with Crippen LogP contribution < -0.4 is 5.32 Å². The van der Waals surface area contributed by atoms with Gasteiger partial charge in [-0.3, -0.25) is 14.6 Å². The summed E-state index contributed by atoms with van der Waals surface area (Å²) in [7, 11) is 0. The van der Waals surface area contributed by atoms with Crippen molar-refractivity contribution < 1.29 is 14.7 Å². The van der Waals surface area contributed by atoms with Gasteiger partial charge in [-0.1, -0.05) is 6.07 Å². The molecule has 2 N–H and O–H groups in total. The maximum Gasteiger partial charge on any atom is 0.257 e. The predicted molar refractivity (Wildman–Crippen MR) is 87.3 cm³/mol. The molecule has 0 aliphatic carbocycles. The number of amides is 2. The van der Waals surface area contributed by atoms with Gasteiger partial charge in [0, 0.05) is 36.7 Å². The average Bonchev–Trinajstić information content (AvgIpc) is 2.60. The number of nitrogens with zero attached hydrogens (tertiary/aromatic N) is 2. The van der Waals surface area contributed by atoms with Gasteiger partial charge >= 0.3 is 0 Å². The Morgan fingerprint density at radius 1 is 1.22 bits per heavy atom. The van der Waals surface area contributed by atoms with Crippen molar-refractivity contribution in [3.8, 4) is 0 Å². The van der Waals surface area contributed by atoms with E-state index in [-0.39, 0.29) is 25.0 Å². The Kier molecular flexibility index (Phi) is 5.82. The molecule has 2 aromatic rings. The lowest BCUT2D eigenvalue weighted by Gasteiger charge is -2.20. The number of pyridine rings is 1. The van der Waals surface area contributed by atoms with Gasteiger partial charge in [0.15, 0.2) is 0 Å². The molecule has 1 heterocycles. The van der Waals surface area contributed by atoms with Crippen LogP contribution in [0.5, 0.6) is 0 Å². The highest BCUT2D eigenvalue weighted by Gasteiger charge is 2.14. The number of likely N-dealkylation sites (N-methyl/N-ethyl adjacent to an activating group) is 1. The summed E-state index contributed by atoms with van der Waals surface area (Å²) < 4.78 is 0. The molecule has 0 atom stereocenters. The summed E-state index contributed by atoms with van der Waals surface area (Å²) >= 11 is 0. The first-order chi connectivity index (χ1) is 11.2. The number of hydrogen-bond acceptors (Lipinski definition) is 4. The third kappa shape index (κ3) is 4.37. The summed E-state index contributed by atoms with van der Waals surface area (Å²) in [6.45, 7) is 2.55. The molecule has 0 spiro atoms. The van der Waals surface area contributed by atoms with E-state index in [4.69, 9.17) is 5.11 Å².